The van der Waals surface area contributed by atoms with Crippen LogP contribution in [0.3, 0.4) is 0 Å². The molecule has 0 bridgehead atoms. The number of hydrogen-bond acceptors (Lipinski definition) is 2. The van der Waals surface area contributed by atoms with E-state index in [9.17, 15) is 4.79 Å². The molecule has 3 heterocycles. The van der Waals surface area contributed by atoms with Gasteiger partial charge in [-0.25, -0.2) is 0 Å². The molecular weight excluding hydrogens is 312 g/mol. The van der Waals surface area contributed by atoms with Crippen LogP contribution >= 0.6 is 11.6 Å². The van der Waals surface area contributed by atoms with Gasteiger partial charge in [-0.15, -0.1) is 0 Å². The summed E-state index contributed by atoms with van der Waals surface area (Å²) in [6, 6.07) is 9.21. The minimum absolute atomic E-state index is 0.130. The average molecular weight is 329 g/mol. The van der Waals surface area contributed by atoms with Gasteiger partial charge in [0, 0.05) is 21.5 Å². The van der Waals surface area contributed by atoms with Crippen LogP contribution in [0.25, 0.3) is 33.3 Å². The molecule has 4 nitrogen and oxygen atoms in total. The molecule has 0 radical (unpaired) electrons. The van der Waals surface area contributed by atoms with Gasteiger partial charge in [-0.05, 0) is 37.3 Å². The molecule has 118 valence electrons. The van der Waals surface area contributed by atoms with Crippen LogP contribution in [0.15, 0.2) is 45.8 Å². The molecule has 3 aromatic heterocycles. The standard InChI is InChI=1S/C16H11ClN2O2.C2H6/c1-8-13(12-3-2-6-21-12)15-14(19-16(8)20)10-7-9(17)4-5-11(10)18-15;1-2/h2-7,18H,1H3,(H,19,20);1-2H3. The molecule has 0 aliphatic heterocycles. The van der Waals surface area contributed by atoms with Crippen molar-refractivity contribution in [1.29, 1.82) is 0 Å². The van der Waals surface area contributed by atoms with E-state index in [0.717, 1.165) is 27.5 Å². The minimum atomic E-state index is -0.130. The number of aromatic amines is 2. The van der Waals surface area contributed by atoms with Crippen LogP contribution in [-0.2, 0) is 0 Å². The molecule has 2 N–H and O–H groups in total. The Bertz CT molecular complexity index is 1030. The molecule has 0 atom stereocenters. The Morgan fingerprint density at radius 3 is 2.57 bits per heavy atom. The zero-order chi connectivity index (χ0) is 16.6. The molecule has 0 saturated heterocycles. The maximum atomic E-state index is 12.2. The summed E-state index contributed by atoms with van der Waals surface area (Å²) in [5.74, 6) is 0.668. The number of H-pyrrole nitrogens is 2. The monoisotopic (exact) mass is 328 g/mol. The van der Waals surface area contributed by atoms with Crippen LogP contribution in [0.5, 0.6) is 0 Å². The van der Waals surface area contributed by atoms with Gasteiger partial charge in [-0.3, -0.25) is 4.79 Å². The van der Waals surface area contributed by atoms with Crippen molar-refractivity contribution in [2.24, 2.45) is 0 Å². The third-order valence-corrected chi connectivity index (χ3v) is 3.97. The van der Waals surface area contributed by atoms with Crippen molar-refractivity contribution in [3.63, 3.8) is 0 Å². The van der Waals surface area contributed by atoms with Crippen LogP contribution in [0.1, 0.15) is 19.4 Å². The van der Waals surface area contributed by atoms with Gasteiger partial charge in [0.25, 0.3) is 5.56 Å². The third-order valence-electron chi connectivity index (χ3n) is 3.73. The zero-order valence-electron chi connectivity index (χ0n) is 13.2. The van der Waals surface area contributed by atoms with E-state index < -0.39 is 0 Å². The van der Waals surface area contributed by atoms with Gasteiger partial charge in [0.1, 0.15) is 5.76 Å². The largest absolute Gasteiger partial charge is 0.464 e. The van der Waals surface area contributed by atoms with E-state index in [1.807, 2.05) is 38.1 Å². The Labute approximate surface area is 138 Å². The van der Waals surface area contributed by atoms with Gasteiger partial charge in [0.2, 0.25) is 0 Å². The number of fused-ring (bicyclic) bond motifs is 3. The topological polar surface area (TPSA) is 61.8 Å². The lowest BCUT2D eigenvalue weighted by Gasteiger charge is -2.04. The molecule has 4 aromatic rings. The lowest BCUT2D eigenvalue weighted by Crippen LogP contribution is -2.10. The molecule has 1 aromatic carbocycles. The number of aromatic nitrogens is 2. The molecule has 0 aliphatic rings. The molecule has 0 spiro atoms. The number of hydrogen-bond donors (Lipinski definition) is 2. The van der Waals surface area contributed by atoms with E-state index in [1.54, 1.807) is 19.3 Å². The number of nitrogens with one attached hydrogen (secondary N) is 2. The Hall–Kier alpha value is -2.46. The molecule has 0 saturated carbocycles. The molecule has 0 unspecified atom stereocenters. The fraction of sp³-hybridized carbons (Fsp3) is 0.167. The fourth-order valence-corrected chi connectivity index (χ4v) is 2.89. The highest BCUT2D eigenvalue weighted by molar-refractivity contribution is 6.31. The maximum absolute atomic E-state index is 12.2. The molecule has 0 amide bonds. The summed E-state index contributed by atoms with van der Waals surface area (Å²) < 4.78 is 5.48. The van der Waals surface area contributed by atoms with Crippen molar-refractivity contribution in [3.05, 3.63) is 57.5 Å². The van der Waals surface area contributed by atoms with Gasteiger partial charge in [0.05, 0.1) is 22.9 Å². The van der Waals surface area contributed by atoms with Crippen LogP contribution in [0.4, 0.5) is 0 Å². The number of benzene rings is 1. The fourth-order valence-electron chi connectivity index (χ4n) is 2.72. The highest BCUT2D eigenvalue weighted by atomic mass is 35.5. The molecule has 23 heavy (non-hydrogen) atoms. The second-order valence-electron chi connectivity index (χ2n) is 5.00. The zero-order valence-corrected chi connectivity index (χ0v) is 13.9. The summed E-state index contributed by atoms with van der Waals surface area (Å²) in [6.45, 7) is 5.79. The molecule has 0 aliphatic carbocycles. The van der Waals surface area contributed by atoms with Crippen molar-refractivity contribution in [3.8, 4) is 11.3 Å². The number of halogens is 1. The predicted octanol–water partition coefficient (Wildman–Crippen LogP) is 5.26. The smallest absolute Gasteiger partial charge is 0.252 e. The SMILES string of the molecule is CC.Cc1c(-c2ccco2)c2[nH]c3ccc(Cl)cc3c2[nH]c1=O. The van der Waals surface area contributed by atoms with E-state index >= 15 is 0 Å². The van der Waals surface area contributed by atoms with Gasteiger partial charge >= 0.3 is 0 Å². The minimum Gasteiger partial charge on any atom is -0.464 e. The Balaban J connectivity index is 0.000000753. The van der Waals surface area contributed by atoms with E-state index in [2.05, 4.69) is 9.97 Å². The summed E-state index contributed by atoms with van der Waals surface area (Å²) in [6.07, 6.45) is 1.60. The van der Waals surface area contributed by atoms with Crippen molar-refractivity contribution in [2.75, 3.05) is 0 Å². The number of rotatable bonds is 1. The first-order chi connectivity index (χ1) is 11.1. The quantitative estimate of drug-likeness (QED) is 0.500. The lowest BCUT2D eigenvalue weighted by molar-refractivity contribution is 0.582. The summed E-state index contributed by atoms with van der Waals surface area (Å²) in [7, 11) is 0. The highest BCUT2D eigenvalue weighted by Crippen LogP contribution is 2.33. The number of pyridine rings is 1. The second-order valence-corrected chi connectivity index (χ2v) is 5.43. The Kier molecular flexibility index (Phi) is 4.01. The normalized spacial score (nSPS) is 10.8. The van der Waals surface area contributed by atoms with Crippen LogP contribution in [0, 0.1) is 6.92 Å². The summed E-state index contributed by atoms with van der Waals surface area (Å²) in [5.41, 5.74) is 3.79. The van der Waals surface area contributed by atoms with E-state index in [4.69, 9.17) is 16.0 Å². The first kappa shape index (κ1) is 15.4. The van der Waals surface area contributed by atoms with Crippen molar-refractivity contribution >= 4 is 33.5 Å². The Morgan fingerprint density at radius 1 is 1.09 bits per heavy atom. The van der Waals surface area contributed by atoms with Crippen LogP contribution in [-0.4, -0.2) is 9.97 Å². The molecule has 0 fully saturated rings. The summed E-state index contributed by atoms with van der Waals surface area (Å²) >= 11 is 6.06. The van der Waals surface area contributed by atoms with Gasteiger partial charge in [0.15, 0.2) is 0 Å². The highest BCUT2D eigenvalue weighted by Gasteiger charge is 2.17. The molecule has 5 heteroatoms. The number of furan rings is 1. The average Bonchev–Trinajstić information content (AvgIpc) is 3.19. The third kappa shape index (κ3) is 2.45. The van der Waals surface area contributed by atoms with E-state index in [-0.39, 0.29) is 5.56 Å². The molecular formula is C18H17ClN2O2. The van der Waals surface area contributed by atoms with Crippen molar-refractivity contribution in [1.82, 2.24) is 9.97 Å². The van der Waals surface area contributed by atoms with Crippen molar-refractivity contribution in [2.45, 2.75) is 20.8 Å². The molecule has 4 rings (SSSR count). The van der Waals surface area contributed by atoms with E-state index in [1.165, 1.54) is 0 Å². The first-order valence-corrected chi connectivity index (χ1v) is 7.90. The summed E-state index contributed by atoms with van der Waals surface area (Å²) in [5, 5.41) is 1.52. The Morgan fingerprint density at radius 2 is 1.87 bits per heavy atom. The second kappa shape index (κ2) is 5.97. The first-order valence-electron chi connectivity index (χ1n) is 7.53. The maximum Gasteiger partial charge on any atom is 0.252 e. The van der Waals surface area contributed by atoms with Gasteiger partial charge in [-0.1, -0.05) is 25.4 Å². The van der Waals surface area contributed by atoms with Crippen LogP contribution in [0.2, 0.25) is 5.02 Å². The summed E-state index contributed by atoms with van der Waals surface area (Å²) in [4.78, 5) is 18.5. The van der Waals surface area contributed by atoms with Crippen LogP contribution < -0.4 is 5.56 Å². The van der Waals surface area contributed by atoms with E-state index in [0.29, 0.717) is 16.3 Å². The van der Waals surface area contributed by atoms with Gasteiger partial charge < -0.3 is 14.4 Å². The van der Waals surface area contributed by atoms with Crippen molar-refractivity contribution < 1.29 is 4.42 Å². The lowest BCUT2D eigenvalue weighted by atomic mass is 10.1. The predicted molar refractivity (Wildman–Crippen MR) is 95.2 cm³/mol. The van der Waals surface area contributed by atoms with Gasteiger partial charge in [-0.2, -0.15) is 0 Å².